The number of nitrogens with one attached hydrogen (secondary N) is 3. The van der Waals surface area contributed by atoms with Crippen LogP contribution in [0.5, 0.6) is 0 Å². The van der Waals surface area contributed by atoms with Gasteiger partial charge in [-0.05, 0) is 49.2 Å². The van der Waals surface area contributed by atoms with Crippen molar-refractivity contribution in [1.82, 2.24) is 10.2 Å². The first kappa shape index (κ1) is 24.1. The molecule has 0 radical (unpaired) electrons. The van der Waals surface area contributed by atoms with Gasteiger partial charge in [0.15, 0.2) is 5.84 Å². The van der Waals surface area contributed by atoms with Crippen molar-refractivity contribution in [2.24, 2.45) is 4.99 Å². The van der Waals surface area contributed by atoms with Crippen LogP contribution in [0.4, 0.5) is 5.69 Å². The summed E-state index contributed by atoms with van der Waals surface area (Å²) < 4.78 is 0. The first-order chi connectivity index (χ1) is 15.1. The monoisotopic (exact) mass is 435 g/mol. The van der Waals surface area contributed by atoms with Crippen LogP contribution in [0.25, 0.3) is 0 Å². The second kappa shape index (κ2) is 12.5. The average molecular weight is 436 g/mol. The van der Waals surface area contributed by atoms with Crippen molar-refractivity contribution in [3.05, 3.63) is 71.4 Å². The zero-order valence-corrected chi connectivity index (χ0v) is 19.2. The summed E-state index contributed by atoms with van der Waals surface area (Å²) in [5.41, 5.74) is 3.09. The number of amidine groups is 1. The van der Waals surface area contributed by atoms with Gasteiger partial charge >= 0.3 is 0 Å². The van der Waals surface area contributed by atoms with Crippen LogP contribution in [0.15, 0.2) is 69.5 Å². The molecule has 3 rings (SSSR count). The van der Waals surface area contributed by atoms with Crippen molar-refractivity contribution < 1.29 is 4.79 Å². The third-order valence-electron chi connectivity index (χ3n) is 4.18. The van der Waals surface area contributed by atoms with E-state index in [9.17, 15) is 4.79 Å². The fourth-order valence-corrected chi connectivity index (χ4v) is 3.61. The number of carbonyl (C=O) groups is 1. The Balaban J connectivity index is 0.00000166. The number of hydrogen-bond donors (Lipinski definition) is 3. The van der Waals surface area contributed by atoms with Crippen LogP contribution in [-0.4, -0.2) is 28.2 Å². The third-order valence-corrected chi connectivity index (χ3v) is 5.11. The summed E-state index contributed by atoms with van der Waals surface area (Å²) in [4.78, 5) is 17.6. The molecule has 0 aliphatic carbocycles. The van der Waals surface area contributed by atoms with Crippen LogP contribution >= 0.6 is 11.8 Å². The Bertz CT molecular complexity index is 1020. The first-order valence-electron chi connectivity index (χ1n) is 10.4. The summed E-state index contributed by atoms with van der Waals surface area (Å²) in [6, 6.07) is 17.1. The Morgan fingerprint density at radius 1 is 1.19 bits per heavy atom. The van der Waals surface area contributed by atoms with Gasteiger partial charge in [-0.2, -0.15) is 5.10 Å². The number of H-pyrrole nitrogens is 1. The summed E-state index contributed by atoms with van der Waals surface area (Å²) >= 11 is 1.47. The van der Waals surface area contributed by atoms with Gasteiger partial charge in [0.05, 0.1) is 0 Å². The standard InChI is InChI=1S/C22H23N5OS.C2H6/c1-3-7-15-8-5-6-9-18(15)22(28)25-16-10-12-17(13-11-16)29-20-14-19(26-27-20)21(23)24-4-2;1-2/h4-6,8-14,23H,3,7H2,1-2H3,(H,25,28)(H,26,27);1-2H3. The van der Waals surface area contributed by atoms with Crippen molar-refractivity contribution >= 4 is 35.4 Å². The predicted octanol–water partition coefficient (Wildman–Crippen LogP) is 6.21. The molecule has 0 aliphatic rings. The number of benzene rings is 2. The molecule has 6 nitrogen and oxygen atoms in total. The molecule has 0 atom stereocenters. The largest absolute Gasteiger partial charge is 0.322 e. The molecule has 3 N–H and O–H groups in total. The molecule has 0 fully saturated rings. The molecule has 162 valence electrons. The van der Waals surface area contributed by atoms with Crippen LogP contribution in [0.3, 0.4) is 0 Å². The maximum Gasteiger partial charge on any atom is 0.255 e. The lowest BCUT2D eigenvalue weighted by Crippen LogP contribution is -2.14. The molecule has 7 heteroatoms. The molecule has 0 unspecified atom stereocenters. The van der Waals surface area contributed by atoms with Gasteiger partial charge in [-0.3, -0.25) is 15.3 Å². The SMILES string of the molecule is CC.CC=NC(=N)c1cc(Sc2ccc(NC(=O)c3ccccc3CCC)cc2)n[nH]1. The number of anilines is 1. The number of aryl methyl sites for hydroxylation is 1. The topological polar surface area (TPSA) is 94.0 Å². The minimum atomic E-state index is -0.0959. The van der Waals surface area contributed by atoms with E-state index in [4.69, 9.17) is 5.41 Å². The van der Waals surface area contributed by atoms with E-state index in [1.165, 1.54) is 11.8 Å². The molecule has 1 amide bonds. The highest BCUT2D eigenvalue weighted by Gasteiger charge is 2.11. The van der Waals surface area contributed by atoms with Gasteiger partial charge in [0.1, 0.15) is 10.7 Å². The van der Waals surface area contributed by atoms with Gasteiger partial charge in [0, 0.05) is 28.4 Å². The number of aromatic nitrogens is 2. The molecule has 3 aromatic rings. The zero-order chi connectivity index (χ0) is 22.6. The number of amides is 1. The molecular weight excluding hydrogens is 406 g/mol. The van der Waals surface area contributed by atoms with Crippen LogP contribution in [-0.2, 0) is 6.42 Å². The zero-order valence-electron chi connectivity index (χ0n) is 18.4. The lowest BCUT2D eigenvalue weighted by atomic mass is 10.0. The molecule has 1 heterocycles. The number of rotatable bonds is 7. The van der Waals surface area contributed by atoms with Crippen molar-refractivity contribution in [2.75, 3.05) is 5.32 Å². The quantitative estimate of drug-likeness (QED) is 0.304. The highest BCUT2D eigenvalue weighted by atomic mass is 32.2. The minimum absolute atomic E-state index is 0.0959. The molecule has 0 bridgehead atoms. The molecule has 0 saturated carbocycles. The Morgan fingerprint density at radius 2 is 1.90 bits per heavy atom. The number of nitrogens with zero attached hydrogens (tertiary/aromatic N) is 2. The van der Waals surface area contributed by atoms with E-state index >= 15 is 0 Å². The molecule has 2 aromatic carbocycles. The number of aliphatic imine (C=N–C) groups is 1. The van der Waals surface area contributed by atoms with E-state index in [-0.39, 0.29) is 11.7 Å². The van der Waals surface area contributed by atoms with Gasteiger partial charge in [-0.1, -0.05) is 57.2 Å². The number of carbonyl (C=O) groups excluding carboxylic acids is 1. The van der Waals surface area contributed by atoms with Crippen LogP contribution in [0.2, 0.25) is 0 Å². The number of aromatic amines is 1. The lowest BCUT2D eigenvalue weighted by Gasteiger charge is -2.10. The lowest BCUT2D eigenvalue weighted by molar-refractivity contribution is 0.102. The number of hydrogen-bond acceptors (Lipinski definition) is 4. The van der Waals surface area contributed by atoms with E-state index in [1.54, 1.807) is 19.2 Å². The highest BCUT2D eigenvalue weighted by Crippen LogP contribution is 2.28. The van der Waals surface area contributed by atoms with E-state index in [1.807, 2.05) is 62.4 Å². The maximum absolute atomic E-state index is 12.6. The first-order valence-corrected chi connectivity index (χ1v) is 11.2. The molecule has 0 spiro atoms. The second-order valence-electron chi connectivity index (χ2n) is 6.34. The molecule has 0 saturated heterocycles. The molecule has 31 heavy (non-hydrogen) atoms. The van der Waals surface area contributed by atoms with Gasteiger partial charge in [0.25, 0.3) is 5.91 Å². The Kier molecular flexibility index (Phi) is 9.71. The molecule has 1 aromatic heterocycles. The van der Waals surface area contributed by atoms with E-state index in [0.717, 1.165) is 34.0 Å². The summed E-state index contributed by atoms with van der Waals surface area (Å²) in [5, 5.41) is 18.5. The van der Waals surface area contributed by atoms with Crippen molar-refractivity contribution in [1.29, 1.82) is 5.41 Å². The fraction of sp³-hybridized carbons (Fsp3) is 0.250. The maximum atomic E-state index is 12.6. The van der Waals surface area contributed by atoms with Crippen LogP contribution in [0.1, 0.15) is 55.7 Å². The van der Waals surface area contributed by atoms with Crippen molar-refractivity contribution in [3.63, 3.8) is 0 Å². The summed E-state index contributed by atoms with van der Waals surface area (Å²) in [6.07, 6.45) is 3.45. The minimum Gasteiger partial charge on any atom is -0.322 e. The summed E-state index contributed by atoms with van der Waals surface area (Å²) in [7, 11) is 0. The smallest absolute Gasteiger partial charge is 0.255 e. The molecular formula is C24H29N5OS. The average Bonchev–Trinajstić information content (AvgIpc) is 3.26. The van der Waals surface area contributed by atoms with Gasteiger partial charge < -0.3 is 5.32 Å². The summed E-state index contributed by atoms with van der Waals surface area (Å²) in [5.74, 6) is 0.0506. The third kappa shape index (κ3) is 6.93. The predicted molar refractivity (Wildman–Crippen MR) is 130 cm³/mol. The fourth-order valence-electron chi connectivity index (χ4n) is 2.83. The van der Waals surface area contributed by atoms with E-state index < -0.39 is 0 Å². The highest BCUT2D eigenvalue weighted by molar-refractivity contribution is 7.99. The van der Waals surface area contributed by atoms with Crippen molar-refractivity contribution in [2.45, 2.75) is 50.5 Å². The van der Waals surface area contributed by atoms with Crippen molar-refractivity contribution in [3.8, 4) is 0 Å². The second-order valence-corrected chi connectivity index (χ2v) is 7.44. The van der Waals surface area contributed by atoms with Gasteiger partial charge in [0.2, 0.25) is 0 Å². The van der Waals surface area contributed by atoms with E-state index in [0.29, 0.717) is 11.3 Å². The molecule has 0 aliphatic heterocycles. The normalized spacial score (nSPS) is 10.5. The van der Waals surface area contributed by atoms with Crippen LogP contribution in [0, 0.1) is 5.41 Å². The van der Waals surface area contributed by atoms with Gasteiger partial charge in [-0.15, -0.1) is 0 Å². The van der Waals surface area contributed by atoms with Crippen LogP contribution < -0.4 is 5.32 Å². The Labute approximate surface area is 188 Å². The Hall–Kier alpha value is -3.19. The van der Waals surface area contributed by atoms with Gasteiger partial charge in [-0.25, -0.2) is 4.99 Å². The summed E-state index contributed by atoms with van der Waals surface area (Å²) in [6.45, 7) is 7.87. The Morgan fingerprint density at radius 3 is 2.58 bits per heavy atom. The van der Waals surface area contributed by atoms with E-state index in [2.05, 4.69) is 27.4 Å².